The molecular weight excluding hydrogens is 322 g/mol. The van der Waals surface area contributed by atoms with Crippen LogP contribution < -0.4 is 10.9 Å². The summed E-state index contributed by atoms with van der Waals surface area (Å²) in [6.45, 7) is 6.95. The Kier molecular flexibility index (Phi) is 5.40. The average molecular weight is 345 g/mol. The van der Waals surface area contributed by atoms with E-state index in [4.69, 9.17) is 4.74 Å². The van der Waals surface area contributed by atoms with Crippen molar-refractivity contribution in [2.24, 2.45) is 0 Å². The van der Waals surface area contributed by atoms with E-state index in [1.165, 1.54) is 0 Å². The van der Waals surface area contributed by atoms with Crippen molar-refractivity contribution in [1.29, 1.82) is 0 Å². The molecular formula is C17H23N5O3. The van der Waals surface area contributed by atoms with Crippen LogP contribution in [0.25, 0.3) is 10.9 Å². The van der Waals surface area contributed by atoms with E-state index in [1.807, 2.05) is 13.8 Å². The van der Waals surface area contributed by atoms with E-state index in [0.29, 0.717) is 17.4 Å². The number of nitrogens with zero attached hydrogens (tertiary/aromatic N) is 4. The molecule has 1 fully saturated rings. The lowest BCUT2D eigenvalue weighted by Crippen LogP contribution is -2.48. The molecule has 2 unspecified atom stereocenters. The predicted molar refractivity (Wildman–Crippen MR) is 93.3 cm³/mol. The van der Waals surface area contributed by atoms with Crippen LogP contribution in [0, 0.1) is 0 Å². The summed E-state index contributed by atoms with van der Waals surface area (Å²) in [4.78, 5) is 26.7. The van der Waals surface area contributed by atoms with Crippen LogP contribution in [0.5, 0.6) is 0 Å². The van der Waals surface area contributed by atoms with Gasteiger partial charge in [-0.05, 0) is 26.0 Å². The minimum Gasteiger partial charge on any atom is -0.373 e. The van der Waals surface area contributed by atoms with Crippen molar-refractivity contribution in [3.8, 4) is 0 Å². The molecule has 2 heterocycles. The van der Waals surface area contributed by atoms with Gasteiger partial charge in [-0.2, -0.15) is 0 Å². The lowest BCUT2D eigenvalue weighted by molar-refractivity contribution is -0.122. The Morgan fingerprint density at radius 2 is 2.00 bits per heavy atom. The van der Waals surface area contributed by atoms with Gasteiger partial charge in [0.1, 0.15) is 12.1 Å². The van der Waals surface area contributed by atoms with Crippen molar-refractivity contribution in [2.45, 2.75) is 32.6 Å². The summed E-state index contributed by atoms with van der Waals surface area (Å²) >= 11 is 0. The lowest BCUT2D eigenvalue weighted by atomic mass is 10.2. The zero-order valence-electron chi connectivity index (χ0n) is 14.5. The first kappa shape index (κ1) is 17.5. The fourth-order valence-corrected chi connectivity index (χ4v) is 3.14. The van der Waals surface area contributed by atoms with E-state index in [0.717, 1.165) is 24.3 Å². The highest BCUT2D eigenvalue weighted by atomic mass is 16.5. The second-order valence-corrected chi connectivity index (χ2v) is 6.44. The molecule has 0 aliphatic carbocycles. The van der Waals surface area contributed by atoms with Crippen LogP contribution in [0.15, 0.2) is 29.1 Å². The highest BCUT2D eigenvalue weighted by Gasteiger charge is 2.21. The smallest absolute Gasteiger partial charge is 0.278 e. The molecule has 0 spiro atoms. The molecule has 8 nitrogen and oxygen atoms in total. The molecule has 0 radical (unpaired) electrons. The Labute approximate surface area is 145 Å². The molecule has 8 heteroatoms. The normalized spacial score (nSPS) is 21.4. The molecule has 2 aromatic rings. The Morgan fingerprint density at radius 1 is 1.28 bits per heavy atom. The molecule has 3 rings (SSSR count). The van der Waals surface area contributed by atoms with Crippen molar-refractivity contribution >= 4 is 16.8 Å². The number of nitrogens with one attached hydrogen (secondary N) is 1. The van der Waals surface area contributed by atoms with Gasteiger partial charge >= 0.3 is 0 Å². The summed E-state index contributed by atoms with van der Waals surface area (Å²) in [5, 5.41) is 11.1. The molecule has 1 amide bonds. The van der Waals surface area contributed by atoms with Gasteiger partial charge in [0.25, 0.3) is 5.56 Å². The first-order chi connectivity index (χ1) is 12.0. The third-order valence-electron chi connectivity index (χ3n) is 4.17. The molecule has 0 saturated carbocycles. The number of aromatic nitrogens is 3. The average Bonchev–Trinajstić information content (AvgIpc) is 2.57. The van der Waals surface area contributed by atoms with Crippen molar-refractivity contribution in [3.05, 3.63) is 34.6 Å². The summed E-state index contributed by atoms with van der Waals surface area (Å²) in [7, 11) is 0. The highest BCUT2D eigenvalue weighted by Crippen LogP contribution is 2.09. The van der Waals surface area contributed by atoms with Crippen LogP contribution in [-0.2, 0) is 16.1 Å². The largest absolute Gasteiger partial charge is 0.373 e. The molecule has 1 saturated heterocycles. The number of carbonyl (C=O) groups excluding carboxylic acids is 1. The molecule has 1 aliphatic heterocycles. The summed E-state index contributed by atoms with van der Waals surface area (Å²) < 4.78 is 6.78. The first-order valence-electron chi connectivity index (χ1n) is 8.50. The molecule has 1 aliphatic rings. The Hall–Kier alpha value is -2.32. The lowest BCUT2D eigenvalue weighted by Gasteiger charge is -2.35. The van der Waals surface area contributed by atoms with E-state index in [1.54, 1.807) is 24.3 Å². The van der Waals surface area contributed by atoms with Gasteiger partial charge in [-0.1, -0.05) is 17.3 Å². The Balaban J connectivity index is 1.53. The predicted octanol–water partition coefficient (Wildman–Crippen LogP) is 0.0169. The van der Waals surface area contributed by atoms with Crippen LogP contribution in [0.1, 0.15) is 13.8 Å². The minimum absolute atomic E-state index is 0.132. The number of hydrogen-bond acceptors (Lipinski definition) is 6. The first-order valence-corrected chi connectivity index (χ1v) is 8.50. The highest BCUT2D eigenvalue weighted by molar-refractivity contribution is 5.78. The fourth-order valence-electron chi connectivity index (χ4n) is 3.14. The standard InChI is InChI=1S/C17H23N5O3/c1-12-9-21(10-13(2)25-12)8-7-18-16(23)11-22-17(24)14-5-3-4-6-15(14)19-20-22/h3-6,12-13H,7-11H2,1-2H3,(H,18,23). The van der Waals surface area contributed by atoms with Gasteiger partial charge in [-0.3, -0.25) is 14.5 Å². The minimum atomic E-state index is -0.309. The Bertz CT molecular complexity index is 796. The molecule has 134 valence electrons. The van der Waals surface area contributed by atoms with E-state index in [9.17, 15) is 9.59 Å². The molecule has 0 bridgehead atoms. The number of fused-ring (bicyclic) bond motifs is 1. The zero-order chi connectivity index (χ0) is 17.8. The summed E-state index contributed by atoms with van der Waals surface area (Å²) in [5.41, 5.74) is 0.219. The van der Waals surface area contributed by atoms with Crippen LogP contribution in [0.2, 0.25) is 0 Å². The van der Waals surface area contributed by atoms with E-state index < -0.39 is 0 Å². The van der Waals surface area contributed by atoms with Crippen molar-refractivity contribution in [2.75, 3.05) is 26.2 Å². The molecule has 2 atom stereocenters. The van der Waals surface area contributed by atoms with Gasteiger partial charge in [-0.25, -0.2) is 4.68 Å². The third-order valence-corrected chi connectivity index (χ3v) is 4.17. The SMILES string of the molecule is CC1CN(CCNC(=O)Cn2nnc3ccccc3c2=O)CC(C)O1. The third kappa shape index (κ3) is 4.40. The summed E-state index contributed by atoms with van der Waals surface area (Å²) in [6.07, 6.45) is 0.400. The monoisotopic (exact) mass is 345 g/mol. The van der Waals surface area contributed by atoms with Crippen LogP contribution in [0.3, 0.4) is 0 Å². The topological polar surface area (TPSA) is 89.4 Å². The van der Waals surface area contributed by atoms with E-state index >= 15 is 0 Å². The number of ether oxygens (including phenoxy) is 1. The number of benzene rings is 1. The molecule has 25 heavy (non-hydrogen) atoms. The number of amides is 1. The Morgan fingerprint density at radius 3 is 2.76 bits per heavy atom. The maximum Gasteiger partial charge on any atom is 0.278 e. The van der Waals surface area contributed by atoms with Crippen LogP contribution in [0.4, 0.5) is 0 Å². The van der Waals surface area contributed by atoms with E-state index in [2.05, 4.69) is 20.5 Å². The van der Waals surface area contributed by atoms with Gasteiger partial charge in [-0.15, -0.1) is 5.10 Å². The molecule has 1 aromatic heterocycles. The number of morpholine rings is 1. The number of rotatable bonds is 5. The van der Waals surface area contributed by atoms with Crippen molar-refractivity contribution < 1.29 is 9.53 Å². The second-order valence-electron chi connectivity index (χ2n) is 6.44. The quantitative estimate of drug-likeness (QED) is 0.822. The molecule has 1 aromatic carbocycles. The number of hydrogen-bond donors (Lipinski definition) is 1. The van der Waals surface area contributed by atoms with Gasteiger partial charge in [0, 0.05) is 26.2 Å². The van der Waals surface area contributed by atoms with Gasteiger partial charge < -0.3 is 10.1 Å². The van der Waals surface area contributed by atoms with Gasteiger partial charge in [0.05, 0.1) is 17.6 Å². The maximum absolute atomic E-state index is 12.3. The van der Waals surface area contributed by atoms with Crippen LogP contribution in [-0.4, -0.2) is 64.2 Å². The zero-order valence-corrected chi connectivity index (χ0v) is 14.5. The van der Waals surface area contributed by atoms with Gasteiger partial charge in [0.2, 0.25) is 5.91 Å². The van der Waals surface area contributed by atoms with Crippen molar-refractivity contribution in [1.82, 2.24) is 25.2 Å². The number of carbonyl (C=O) groups is 1. The molecule has 1 N–H and O–H groups in total. The van der Waals surface area contributed by atoms with Crippen LogP contribution >= 0.6 is 0 Å². The second kappa shape index (κ2) is 7.71. The van der Waals surface area contributed by atoms with Crippen molar-refractivity contribution in [3.63, 3.8) is 0 Å². The summed E-state index contributed by atoms with van der Waals surface area (Å²) in [6, 6.07) is 6.96. The fraction of sp³-hybridized carbons (Fsp3) is 0.529. The van der Waals surface area contributed by atoms with E-state index in [-0.39, 0.29) is 30.2 Å². The van der Waals surface area contributed by atoms with Gasteiger partial charge in [0.15, 0.2) is 0 Å². The summed E-state index contributed by atoms with van der Waals surface area (Å²) in [5.74, 6) is -0.249. The maximum atomic E-state index is 12.3.